The van der Waals surface area contributed by atoms with E-state index in [-0.39, 0.29) is 5.37 Å². The molecule has 1 aliphatic rings. The summed E-state index contributed by atoms with van der Waals surface area (Å²) in [5, 5.41) is 12.8. The smallest absolute Gasteiger partial charge is 0.321 e. The van der Waals surface area contributed by atoms with Gasteiger partial charge in [-0.2, -0.15) is 0 Å². The fourth-order valence-electron chi connectivity index (χ4n) is 2.36. The first kappa shape index (κ1) is 16.2. The SMILES string of the molecule is O=C(O)C1CSC(c2ccccc2OCc2ccc(Cl)cc2)N1. The van der Waals surface area contributed by atoms with E-state index in [1.807, 2.05) is 48.5 Å². The summed E-state index contributed by atoms with van der Waals surface area (Å²) in [5.74, 6) is 0.490. The van der Waals surface area contributed by atoms with Crippen molar-refractivity contribution >= 4 is 29.3 Å². The van der Waals surface area contributed by atoms with E-state index in [0.717, 1.165) is 16.9 Å². The molecule has 23 heavy (non-hydrogen) atoms. The van der Waals surface area contributed by atoms with Crippen LogP contribution in [0.2, 0.25) is 5.02 Å². The number of ether oxygens (including phenoxy) is 1. The van der Waals surface area contributed by atoms with Gasteiger partial charge in [0, 0.05) is 16.3 Å². The number of thioether (sulfide) groups is 1. The summed E-state index contributed by atoms with van der Waals surface area (Å²) in [6.45, 7) is 0.438. The average molecular weight is 350 g/mol. The zero-order chi connectivity index (χ0) is 16.2. The minimum absolute atomic E-state index is 0.0717. The Balaban J connectivity index is 1.71. The van der Waals surface area contributed by atoms with E-state index >= 15 is 0 Å². The molecule has 2 atom stereocenters. The topological polar surface area (TPSA) is 58.6 Å². The zero-order valence-corrected chi connectivity index (χ0v) is 13.8. The minimum atomic E-state index is -0.820. The van der Waals surface area contributed by atoms with Crippen LogP contribution >= 0.6 is 23.4 Å². The summed E-state index contributed by atoms with van der Waals surface area (Å²) in [4.78, 5) is 11.1. The number of carboxylic acid groups (broad SMARTS) is 1. The minimum Gasteiger partial charge on any atom is -0.489 e. The molecule has 1 saturated heterocycles. The van der Waals surface area contributed by atoms with Gasteiger partial charge in [0.2, 0.25) is 0 Å². The molecule has 0 amide bonds. The number of hydrogen-bond donors (Lipinski definition) is 2. The van der Waals surface area contributed by atoms with Gasteiger partial charge >= 0.3 is 5.97 Å². The molecule has 1 heterocycles. The lowest BCUT2D eigenvalue weighted by atomic mass is 10.2. The van der Waals surface area contributed by atoms with Gasteiger partial charge in [-0.25, -0.2) is 0 Å². The first-order valence-electron chi connectivity index (χ1n) is 7.20. The van der Waals surface area contributed by atoms with Crippen LogP contribution in [0.3, 0.4) is 0 Å². The number of carbonyl (C=O) groups is 1. The van der Waals surface area contributed by atoms with Crippen LogP contribution in [0.25, 0.3) is 0 Å². The van der Waals surface area contributed by atoms with Crippen LogP contribution in [-0.2, 0) is 11.4 Å². The molecule has 120 valence electrons. The van der Waals surface area contributed by atoms with Crippen molar-refractivity contribution in [1.82, 2.24) is 5.32 Å². The summed E-state index contributed by atoms with van der Waals surface area (Å²) in [6, 6.07) is 14.7. The van der Waals surface area contributed by atoms with Crippen molar-refractivity contribution < 1.29 is 14.6 Å². The van der Waals surface area contributed by atoms with Crippen molar-refractivity contribution in [2.45, 2.75) is 18.0 Å². The Labute approximate surface area is 143 Å². The fourth-order valence-corrected chi connectivity index (χ4v) is 3.75. The summed E-state index contributed by atoms with van der Waals surface area (Å²) >= 11 is 7.46. The van der Waals surface area contributed by atoms with Crippen LogP contribution in [-0.4, -0.2) is 22.9 Å². The highest BCUT2D eigenvalue weighted by molar-refractivity contribution is 7.99. The summed E-state index contributed by atoms with van der Waals surface area (Å²) in [5.41, 5.74) is 2.00. The normalized spacial score (nSPS) is 20.4. The number of rotatable bonds is 5. The number of carboxylic acids is 1. The van der Waals surface area contributed by atoms with E-state index < -0.39 is 12.0 Å². The van der Waals surface area contributed by atoms with Gasteiger partial charge in [-0.1, -0.05) is 41.9 Å². The van der Waals surface area contributed by atoms with Gasteiger partial charge in [0.15, 0.2) is 0 Å². The quantitative estimate of drug-likeness (QED) is 0.861. The van der Waals surface area contributed by atoms with E-state index in [9.17, 15) is 4.79 Å². The molecule has 0 saturated carbocycles. The van der Waals surface area contributed by atoms with Crippen molar-refractivity contribution in [3.05, 3.63) is 64.7 Å². The third kappa shape index (κ3) is 3.99. The molecule has 6 heteroatoms. The van der Waals surface area contributed by atoms with E-state index in [2.05, 4.69) is 5.32 Å². The lowest BCUT2D eigenvalue weighted by molar-refractivity contribution is -0.138. The highest BCUT2D eigenvalue weighted by Crippen LogP contribution is 2.37. The summed E-state index contributed by atoms with van der Waals surface area (Å²) in [6.07, 6.45) is 0. The lowest BCUT2D eigenvalue weighted by Crippen LogP contribution is -2.33. The Hall–Kier alpha value is -1.69. The van der Waals surface area contributed by atoms with Crippen LogP contribution in [0.1, 0.15) is 16.5 Å². The Morgan fingerprint density at radius 2 is 2.00 bits per heavy atom. The van der Waals surface area contributed by atoms with Crippen LogP contribution in [0.15, 0.2) is 48.5 Å². The number of halogens is 1. The molecule has 4 nitrogen and oxygen atoms in total. The highest BCUT2D eigenvalue weighted by atomic mass is 35.5. The Morgan fingerprint density at radius 1 is 1.26 bits per heavy atom. The molecular formula is C17H16ClNO3S. The van der Waals surface area contributed by atoms with Crippen LogP contribution in [0.5, 0.6) is 5.75 Å². The van der Waals surface area contributed by atoms with Gasteiger partial charge in [0.05, 0.1) is 5.37 Å². The van der Waals surface area contributed by atoms with E-state index in [0.29, 0.717) is 17.4 Å². The van der Waals surface area contributed by atoms with Gasteiger partial charge in [-0.05, 0) is 23.8 Å². The molecule has 0 radical (unpaired) electrons. The van der Waals surface area contributed by atoms with Gasteiger partial charge < -0.3 is 9.84 Å². The maximum absolute atomic E-state index is 11.1. The molecule has 2 unspecified atom stereocenters. The second kappa shape index (κ2) is 7.25. The van der Waals surface area contributed by atoms with Crippen molar-refractivity contribution in [1.29, 1.82) is 0 Å². The van der Waals surface area contributed by atoms with Crippen molar-refractivity contribution in [2.75, 3.05) is 5.75 Å². The number of aliphatic carboxylic acids is 1. The number of hydrogen-bond acceptors (Lipinski definition) is 4. The zero-order valence-electron chi connectivity index (χ0n) is 12.2. The van der Waals surface area contributed by atoms with Gasteiger partial charge in [-0.15, -0.1) is 11.8 Å². The largest absolute Gasteiger partial charge is 0.489 e. The van der Waals surface area contributed by atoms with Crippen molar-refractivity contribution in [2.24, 2.45) is 0 Å². The standard InChI is InChI=1S/C17H16ClNO3S/c18-12-7-5-11(6-8-12)9-22-15-4-2-1-3-13(15)16-19-14(10-23-16)17(20)21/h1-8,14,16,19H,9-10H2,(H,20,21). The van der Waals surface area contributed by atoms with Crippen LogP contribution in [0.4, 0.5) is 0 Å². The first-order chi connectivity index (χ1) is 11.1. The molecular weight excluding hydrogens is 334 g/mol. The van der Waals surface area contributed by atoms with Gasteiger partial charge in [-0.3, -0.25) is 10.1 Å². The number of benzene rings is 2. The van der Waals surface area contributed by atoms with E-state index in [4.69, 9.17) is 21.4 Å². The molecule has 0 spiro atoms. The third-order valence-corrected chi connectivity index (χ3v) is 5.09. The molecule has 2 N–H and O–H groups in total. The monoisotopic (exact) mass is 349 g/mol. The molecule has 0 aromatic heterocycles. The van der Waals surface area contributed by atoms with E-state index in [1.165, 1.54) is 0 Å². The molecule has 3 rings (SSSR count). The lowest BCUT2D eigenvalue weighted by Gasteiger charge is -2.16. The number of nitrogens with one attached hydrogen (secondary N) is 1. The molecule has 2 aromatic rings. The first-order valence-corrected chi connectivity index (χ1v) is 8.63. The van der Waals surface area contributed by atoms with Crippen LogP contribution < -0.4 is 10.1 Å². The maximum Gasteiger partial charge on any atom is 0.321 e. The molecule has 0 aliphatic carbocycles. The van der Waals surface area contributed by atoms with Crippen LogP contribution in [0, 0.1) is 0 Å². The summed E-state index contributed by atoms with van der Waals surface area (Å²) in [7, 11) is 0. The highest BCUT2D eigenvalue weighted by Gasteiger charge is 2.31. The average Bonchev–Trinajstić information content (AvgIpc) is 3.05. The van der Waals surface area contributed by atoms with Crippen molar-refractivity contribution in [3.8, 4) is 5.75 Å². The maximum atomic E-state index is 11.1. The van der Waals surface area contributed by atoms with Gasteiger partial charge in [0.1, 0.15) is 18.4 Å². The van der Waals surface area contributed by atoms with E-state index in [1.54, 1.807) is 11.8 Å². The second-order valence-electron chi connectivity index (χ2n) is 5.22. The molecule has 0 bridgehead atoms. The third-order valence-electron chi connectivity index (χ3n) is 3.59. The second-order valence-corrected chi connectivity index (χ2v) is 6.80. The summed E-state index contributed by atoms with van der Waals surface area (Å²) < 4.78 is 5.93. The number of para-hydroxylation sites is 1. The Kier molecular flexibility index (Phi) is 5.10. The predicted octanol–water partition coefficient (Wildman–Crippen LogP) is 3.71. The molecule has 1 fully saturated rings. The molecule has 2 aromatic carbocycles. The fraction of sp³-hybridized carbons (Fsp3) is 0.235. The Bertz CT molecular complexity index is 692. The predicted molar refractivity (Wildman–Crippen MR) is 92.0 cm³/mol. The van der Waals surface area contributed by atoms with Crippen molar-refractivity contribution in [3.63, 3.8) is 0 Å². The van der Waals surface area contributed by atoms with Gasteiger partial charge in [0.25, 0.3) is 0 Å². The molecule has 1 aliphatic heterocycles. The Morgan fingerprint density at radius 3 is 2.70 bits per heavy atom.